The van der Waals surface area contributed by atoms with E-state index < -0.39 is 41.7 Å². The van der Waals surface area contributed by atoms with Gasteiger partial charge >= 0.3 is 12.4 Å². The number of benzene rings is 1. The number of halogens is 6. The normalized spacial score (nSPS) is 15.1. The van der Waals surface area contributed by atoms with Gasteiger partial charge in [-0.1, -0.05) is 18.6 Å². The molecule has 0 unspecified atom stereocenters. The molecular formula is C18H17F6N3O. The molecule has 0 saturated heterocycles. The Hall–Kier alpha value is -2.52. The lowest BCUT2D eigenvalue weighted by molar-refractivity contribution is -0.142. The average Bonchev–Trinajstić information content (AvgIpc) is 2.77. The van der Waals surface area contributed by atoms with Crippen molar-refractivity contribution < 1.29 is 31.1 Å². The van der Waals surface area contributed by atoms with Crippen LogP contribution in [0.5, 0.6) is 0 Å². The van der Waals surface area contributed by atoms with Crippen LogP contribution in [0.2, 0.25) is 0 Å². The SMILES string of the molecule is O=C(Cn1nc(C(F)(F)F)c2c1CCCCC2)Nc1ccccc1C(F)(F)F. The molecule has 0 bridgehead atoms. The van der Waals surface area contributed by atoms with E-state index in [4.69, 9.17) is 0 Å². The lowest BCUT2D eigenvalue weighted by Gasteiger charge is -2.14. The van der Waals surface area contributed by atoms with Crippen molar-refractivity contribution in [2.45, 2.75) is 51.0 Å². The van der Waals surface area contributed by atoms with Crippen LogP contribution in [0.3, 0.4) is 0 Å². The predicted octanol–water partition coefficient (Wildman–Crippen LogP) is 4.83. The lowest BCUT2D eigenvalue weighted by Crippen LogP contribution is -2.23. The second-order valence-corrected chi connectivity index (χ2v) is 6.58. The highest BCUT2D eigenvalue weighted by atomic mass is 19.4. The van der Waals surface area contributed by atoms with E-state index in [2.05, 4.69) is 10.4 Å². The molecule has 152 valence electrons. The van der Waals surface area contributed by atoms with Gasteiger partial charge in [-0.05, 0) is 37.8 Å². The van der Waals surface area contributed by atoms with Crippen LogP contribution in [0.4, 0.5) is 32.0 Å². The molecule has 0 aliphatic heterocycles. The summed E-state index contributed by atoms with van der Waals surface area (Å²) >= 11 is 0. The fraction of sp³-hybridized carbons (Fsp3) is 0.444. The number of fused-ring (bicyclic) bond motifs is 1. The van der Waals surface area contributed by atoms with Crippen molar-refractivity contribution in [1.82, 2.24) is 9.78 Å². The van der Waals surface area contributed by atoms with Gasteiger partial charge < -0.3 is 5.32 Å². The molecule has 1 amide bonds. The quantitative estimate of drug-likeness (QED) is 0.588. The number of hydrogen-bond acceptors (Lipinski definition) is 2. The second-order valence-electron chi connectivity index (χ2n) is 6.58. The van der Waals surface area contributed by atoms with E-state index in [0.717, 1.165) is 23.2 Å². The first-order valence-corrected chi connectivity index (χ1v) is 8.69. The zero-order chi connectivity index (χ0) is 20.5. The molecule has 1 aliphatic rings. The van der Waals surface area contributed by atoms with E-state index in [1.165, 1.54) is 12.1 Å². The molecular weight excluding hydrogens is 388 g/mol. The standard InChI is InChI=1S/C18H17F6N3O/c19-17(20,21)12-7-4-5-8-13(12)25-15(28)10-27-14-9-3-1-2-6-11(14)16(26-27)18(22,23)24/h4-5,7-8H,1-3,6,9-10H2,(H,25,28). The number of carbonyl (C=O) groups is 1. The summed E-state index contributed by atoms with van der Waals surface area (Å²) in [6, 6.07) is 4.41. The summed E-state index contributed by atoms with van der Waals surface area (Å²) in [5.74, 6) is -0.875. The van der Waals surface area contributed by atoms with Gasteiger partial charge in [0.15, 0.2) is 5.69 Å². The number of nitrogens with zero attached hydrogens (tertiary/aromatic N) is 2. The largest absolute Gasteiger partial charge is 0.435 e. The van der Waals surface area contributed by atoms with Crippen molar-refractivity contribution in [2.75, 3.05) is 5.32 Å². The summed E-state index contributed by atoms with van der Waals surface area (Å²) in [4.78, 5) is 12.3. The van der Waals surface area contributed by atoms with Crippen molar-refractivity contribution in [3.05, 3.63) is 46.8 Å². The molecule has 0 spiro atoms. The topological polar surface area (TPSA) is 46.9 Å². The van der Waals surface area contributed by atoms with Gasteiger partial charge in [0.25, 0.3) is 0 Å². The first-order chi connectivity index (χ1) is 13.1. The van der Waals surface area contributed by atoms with E-state index in [1.54, 1.807) is 0 Å². The fourth-order valence-electron chi connectivity index (χ4n) is 3.37. The molecule has 10 heteroatoms. The molecule has 3 rings (SSSR count). The molecule has 1 aromatic carbocycles. The van der Waals surface area contributed by atoms with Crippen molar-refractivity contribution in [3.63, 3.8) is 0 Å². The molecule has 1 heterocycles. The zero-order valence-electron chi connectivity index (χ0n) is 14.6. The Morgan fingerprint density at radius 1 is 1.00 bits per heavy atom. The minimum Gasteiger partial charge on any atom is -0.324 e. The third-order valence-electron chi connectivity index (χ3n) is 4.58. The van der Waals surface area contributed by atoms with E-state index >= 15 is 0 Å². The summed E-state index contributed by atoms with van der Waals surface area (Å²) in [6.07, 6.45) is -6.76. The number of alkyl halides is 6. The summed E-state index contributed by atoms with van der Waals surface area (Å²) in [5.41, 5.74) is -2.10. The van der Waals surface area contributed by atoms with Gasteiger partial charge in [0, 0.05) is 11.3 Å². The smallest absolute Gasteiger partial charge is 0.324 e. The highest BCUT2D eigenvalue weighted by Crippen LogP contribution is 2.36. The molecule has 1 aliphatic carbocycles. The summed E-state index contributed by atoms with van der Waals surface area (Å²) in [5, 5.41) is 5.70. The Balaban J connectivity index is 1.87. The molecule has 0 saturated carbocycles. The Morgan fingerprint density at radius 2 is 1.68 bits per heavy atom. The fourth-order valence-corrected chi connectivity index (χ4v) is 3.37. The third-order valence-corrected chi connectivity index (χ3v) is 4.58. The van der Waals surface area contributed by atoms with E-state index in [9.17, 15) is 31.1 Å². The highest BCUT2D eigenvalue weighted by Gasteiger charge is 2.39. The Morgan fingerprint density at radius 3 is 2.36 bits per heavy atom. The lowest BCUT2D eigenvalue weighted by atomic mass is 10.1. The van der Waals surface area contributed by atoms with E-state index in [0.29, 0.717) is 25.0 Å². The molecule has 1 N–H and O–H groups in total. The zero-order valence-corrected chi connectivity index (χ0v) is 14.6. The molecule has 2 aromatic rings. The van der Waals surface area contributed by atoms with Crippen LogP contribution in [-0.4, -0.2) is 15.7 Å². The Bertz CT molecular complexity index is 869. The van der Waals surface area contributed by atoms with Gasteiger partial charge in [-0.25, -0.2) is 0 Å². The summed E-state index contributed by atoms with van der Waals surface area (Å²) in [6.45, 7) is -0.593. The van der Waals surface area contributed by atoms with Gasteiger partial charge in [-0.3, -0.25) is 9.48 Å². The summed E-state index contributed by atoms with van der Waals surface area (Å²) in [7, 11) is 0. The average molecular weight is 405 g/mol. The van der Waals surface area contributed by atoms with Gasteiger partial charge in [0.1, 0.15) is 6.54 Å². The molecule has 0 fully saturated rings. The summed E-state index contributed by atoms with van der Waals surface area (Å²) < 4.78 is 79.9. The number of para-hydroxylation sites is 1. The maximum atomic E-state index is 13.3. The number of aromatic nitrogens is 2. The predicted molar refractivity (Wildman–Crippen MR) is 88.6 cm³/mol. The van der Waals surface area contributed by atoms with Gasteiger partial charge in [0.05, 0.1) is 11.3 Å². The number of carbonyl (C=O) groups excluding carboxylic acids is 1. The van der Waals surface area contributed by atoms with Crippen LogP contribution in [0, 0.1) is 0 Å². The number of nitrogens with one attached hydrogen (secondary N) is 1. The van der Waals surface area contributed by atoms with Crippen molar-refractivity contribution in [2.24, 2.45) is 0 Å². The van der Waals surface area contributed by atoms with Crippen LogP contribution < -0.4 is 5.32 Å². The second kappa shape index (κ2) is 7.48. The molecule has 1 aromatic heterocycles. The molecule has 4 nitrogen and oxygen atoms in total. The van der Waals surface area contributed by atoms with Gasteiger partial charge in [-0.15, -0.1) is 0 Å². The van der Waals surface area contributed by atoms with Crippen molar-refractivity contribution in [3.8, 4) is 0 Å². The minimum atomic E-state index is -4.67. The number of hydrogen-bond donors (Lipinski definition) is 1. The minimum absolute atomic E-state index is 0.0773. The Kier molecular flexibility index (Phi) is 5.40. The molecule has 0 radical (unpaired) electrons. The van der Waals surface area contributed by atoms with Crippen LogP contribution in [0.25, 0.3) is 0 Å². The number of amides is 1. The maximum absolute atomic E-state index is 13.3. The van der Waals surface area contributed by atoms with Crippen LogP contribution in [0.15, 0.2) is 24.3 Å². The monoisotopic (exact) mass is 405 g/mol. The molecule has 0 atom stereocenters. The number of anilines is 1. The number of rotatable bonds is 3. The van der Waals surface area contributed by atoms with Crippen molar-refractivity contribution in [1.29, 1.82) is 0 Å². The first-order valence-electron chi connectivity index (χ1n) is 8.69. The van der Waals surface area contributed by atoms with Gasteiger partial charge in [-0.2, -0.15) is 31.4 Å². The maximum Gasteiger partial charge on any atom is 0.435 e. The van der Waals surface area contributed by atoms with Crippen LogP contribution in [-0.2, 0) is 36.5 Å². The Labute approximate surface area is 156 Å². The van der Waals surface area contributed by atoms with Crippen LogP contribution in [0.1, 0.15) is 41.8 Å². The van der Waals surface area contributed by atoms with E-state index in [1.807, 2.05) is 0 Å². The highest BCUT2D eigenvalue weighted by molar-refractivity contribution is 5.91. The van der Waals surface area contributed by atoms with Crippen molar-refractivity contribution >= 4 is 11.6 Å². The molecule has 28 heavy (non-hydrogen) atoms. The van der Waals surface area contributed by atoms with Gasteiger partial charge in [0.2, 0.25) is 5.91 Å². The first kappa shape index (κ1) is 20.2. The van der Waals surface area contributed by atoms with Crippen LogP contribution >= 0.6 is 0 Å². The third kappa shape index (κ3) is 4.31. The van der Waals surface area contributed by atoms with E-state index in [-0.39, 0.29) is 12.0 Å².